The highest BCUT2D eigenvalue weighted by Gasteiger charge is 2.18. The van der Waals surface area contributed by atoms with E-state index in [1.54, 1.807) is 0 Å². The number of aliphatic hydroxyl groups excluding tert-OH is 1. The van der Waals surface area contributed by atoms with Gasteiger partial charge in [0.05, 0.1) is 16.9 Å². The fourth-order valence-corrected chi connectivity index (χ4v) is 2.70. The molecule has 0 aliphatic rings. The highest BCUT2D eigenvalue weighted by Crippen LogP contribution is 2.08. The second-order valence-corrected chi connectivity index (χ2v) is 6.69. The smallest absolute Gasteiger partial charge is 0.216 e. The second kappa shape index (κ2) is 5.72. The average molecular weight is 264 g/mol. The third kappa shape index (κ3) is 3.82. The number of nitrogens with one attached hydrogen (secondary N) is 1. The van der Waals surface area contributed by atoms with Crippen molar-refractivity contribution in [2.24, 2.45) is 0 Å². The SMILES string of the molecule is Cc1csc(CCNS(=O)(=O)C(C)CO)n1. The van der Waals surface area contributed by atoms with Crippen molar-refractivity contribution in [3.8, 4) is 0 Å². The number of rotatable bonds is 6. The number of hydrogen-bond acceptors (Lipinski definition) is 5. The lowest BCUT2D eigenvalue weighted by Gasteiger charge is -2.10. The Labute approximate surface area is 99.6 Å². The summed E-state index contributed by atoms with van der Waals surface area (Å²) in [6.07, 6.45) is 0.579. The van der Waals surface area contributed by atoms with Crippen molar-refractivity contribution < 1.29 is 13.5 Å². The number of aromatic nitrogens is 1. The number of aliphatic hydroxyl groups is 1. The Bertz CT molecular complexity index is 428. The van der Waals surface area contributed by atoms with Gasteiger partial charge in [0.15, 0.2) is 0 Å². The Hall–Kier alpha value is -0.500. The zero-order valence-electron chi connectivity index (χ0n) is 9.30. The minimum absolute atomic E-state index is 0.319. The third-order valence-electron chi connectivity index (χ3n) is 2.10. The molecular weight excluding hydrogens is 248 g/mol. The maximum atomic E-state index is 11.5. The molecule has 0 radical (unpaired) electrons. The molecule has 1 heterocycles. The van der Waals surface area contributed by atoms with E-state index in [0.29, 0.717) is 13.0 Å². The zero-order valence-corrected chi connectivity index (χ0v) is 10.9. The number of nitrogens with zero attached hydrogens (tertiary/aromatic N) is 1. The minimum Gasteiger partial charge on any atom is -0.395 e. The van der Waals surface area contributed by atoms with Crippen LogP contribution in [0.25, 0.3) is 0 Å². The first kappa shape index (κ1) is 13.6. The standard InChI is InChI=1S/C9H16N2O3S2/c1-7-6-15-9(11-7)3-4-10-16(13,14)8(2)5-12/h6,8,10,12H,3-5H2,1-2H3. The van der Waals surface area contributed by atoms with Crippen LogP contribution in [0.2, 0.25) is 0 Å². The molecule has 0 amide bonds. The van der Waals surface area contributed by atoms with Crippen LogP contribution in [0, 0.1) is 6.92 Å². The van der Waals surface area contributed by atoms with Crippen molar-refractivity contribution in [1.82, 2.24) is 9.71 Å². The van der Waals surface area contributed by atoms with E-state index in [4.69, 9.17) is 5.11 Å². The average Bonchev–Trinajstić information content (AvgIpc) is 2.62. The summed E-state index contributed by atoms with van der Waals surface area (Å²) in [5, 5.41) is 10.8. The van der Waals surface area contributed by atoms with E-state index in [2.05, 4.69) is 9.71 Å². The lowest BCUT2D eigenvalue weighted by atomic mass is 10.4. The number of hydrogen-bond donors (Lipinski definition) is 2. The first-order valence-electron chi connectivity index (χ1n) is 4.96. The summed E-state index contributed by atoms with van der Waals surface area (Å²) >= 11 is 1.52. The van der Waals surface area contributed by atoms with Crippen molar-refractivity contribution in [3.05, 3.63) is 16.1 Å². The van der Waals surface area contributed by atoms with Crippen LogP contribution in [0.3, 0.4) is 0 Å². The van der Waals surface area contributed by atoms with Crippen LogP contribution < -0.4 is 4.72 Å². The van der Waals surface area contributed by atoms with Crippen LogP contribution in [0.4, 0.5) is 0 Å². The predicted octanol–water partition coefficient (Wildman–Crippen LogP) is 0.294. The maximum Gasteiger partial charge on any atom is 0.216 e. The summed E-state index contributed by atoms with van der Waals surface area (Å²) in [5.74, 6) is 0. The van der Waals surface area contributed by atoms with Gasteiger partial charge in [-0.05, 0) is 13.8 Å². The molecule has 92 valence electrons. The quantitative estimate of drug-likeness (QED) is 0.774. The molecule has 0 saturated heterocycles. The van der Waals surface area contributed by atoms with Gasteiger partial charge in [-0.1, -0.05) is 0 Å². The van der Waals surface area contributed by atoms with Gasteiger partial charge in [-0.25, -0.2) is 18.1 Å². The Morgan fingerprint density at radius 3 is 2.81 bits per heavy atom. The molecule has 0 aliphatic heterocycles. The molecular formula is C9H16N2O3S2. The molecule has 1 aromatic heterocycles. The van der Waals surface area contributed by atoms with Gasteiger partial charge in [0.25, 0.3) is 0 Å². The normalized spacial score (nSPS) is 13.9. The third-order valence-corrected chi connectivity index (χ3v) is 4.94. The van der Waals surface area contributed by atoms with Crippen LogP contribution in [0.5, 0.6) is 0 Å². The van der Waals surface area contributed by atoms with Crippen molar-refractivity contribution >= 4 is 21.4 Å². The molecule has 5 nitrogen and oxygen atoms in total. The Kier molecular flexibility index (Phi) is 4.85. The van der Waals surface area contributed by atoms with E-state index in [9.17, 15) is 8.42 Å². The summed E-state index contributed by atoms with van der Waals surface area (Å²) in [7, 11) is -3.40. The van der Waals surface area contributed by atoms with Crippen LogP contribution in [-0.2, 0) is 16.4 Å². The summed E-state index contributed by atoms with van der Waals surface area (Å²) in [5.41, 5.74) is 0.951. The highest BCUT2D eigenvalue weighted by atomic mass is 32.2. The minimum atomic E-state index is -3.40. The first-order chi connectivity index (χ1) is 7.45. The van der Waals surface area contributed by atoms with Gasteiger partial charge in [-0.15, -0.1) is 11.3 Å². The van der Waals surface area contributed by atoms with Crippen molar-refractivity contribution in [3.63, 3.8) is 0 Å². The molecule has 0 bridgehead atoms. The van der Waals surface area contributed by atoms with Crippen molar-refractivity contribution in [2.75, 3.05) is 13.2 Å². The fraction of sp³-hybridized carbons (Fsp3) is 0.667. The predicted molar refractivity (Wildman–Crippen MR) is 64.0 cm³/mol. The Morgan fingerprint density at radius 1 is 1.62 bits per heavy atom. The van der Waals surface area contributed by atoms with Crippen LogP contribution in [-0.4, -0.2) is 36.9 Å². The molecule has 1 rings (SSSR count). The monoisotopic (exact) mass is 264 g/mol. The van der Waals surface area contributed by atoms with Gasteiger partial charge in [0.2, 0.25) is 10.0 Å². The molecule has 2 N–H and O–H groups in total. The fourth-order valence-electron chi connectivity index (χ4n) is 1.06. The Balaban J connectivity index is 2.41. The summed E-state index contributed by atoms with van der Waals surface area (Å²) in [6.45, 7) is 3.32. The summed E-state index contributed by atoms with van der Waals surface area (Å²) < 4.78 is 25.4. The molecule has 7 heteroatoms. The highest BCUT2D eigenvalue weighted by molar-refractivity contribution is 7.90. The van der Waals surface area contributed by atoms with E-state index in [0.717, 1.165) is 10.7 Å². The first-order valence-corrected chi connectivity index (χ1v) is 7.38. The van der Waals surface area contributed by atoms with Crippen molar-refractivity contribution in [1.29, 1.82) is 0 Å². The van der Waals surface area contributed by atoms with Gasteiger partial charge in [-0.3, -0.25) is 0 Å². The van der Waals surface area contributed by atoms with E-state index >= 15 is 0 Å². The number of sulfonamides is 1. The van der Waals surface area contributed by atoms with Gasteiger partial charge >= 0.3 is 0 Å². The van der Waals surface area contributed by atoms with E-state index in [1.165, 1.54) is 18.3 Å². The van der Waals surface area contributed by atoms with Gasteiger partial charge in [-0.2, -0.15) is 0 Å². The van der Waals surface area contributed by atoms with Gasteiger partial charge < -0.3 is 5.11 Å². The lowest BCUT2D eigenvalue weighted by molar-refractivity contribution is 0.295. The van der Waals surface area contributed by atoms with Gasteiger partial charge in [0, 0.05) is 24.0 Å². The Morgan fingerprint density at radius 2 is 2.31 bits per heavy atom. The topological polar surface area (TPSA) is 79.3 Å². The maximum absolute atomic E-state index is 11.5. The molecule has 0 aromatic carbocycles. The number of thiazole rings is 1. The summed E-state index contributed by atoms with van der Waals surface area (Å²) in [6, 6.07) is 0. The van der Waals surface area contributed by atoms with Crippen LogP contribution >= 0.6 is 11.3 Å². The van der Waals surface area contributed by atoms with Crippen LogP contribution in [0.15, 0.2) is 5.38 Å². The van der Waals surface area contributed by atoms with E-state index in [1.807, 2.05) is 12.3 Å². The van der Waals surface area contributed by atoms with Crippen molar-refractivity contribution in [2.45, 2.75) is 25.5 Å². The zero-order chi connectivity index (χ0) is 12.2. The molecule has 0 spiro atoms. The molecule has 1 atom stereocenters. The molecule has 0 aliphatic carbocycles. The molecule has 16 heavy (non-hydrogen) atoms. The lowest BCUT2D eigenvalue weighted by Crippen LogP contribution is -2.35. The van der Waals surface area contributed by atoms with Gasteiger partial charge in [0.1, 0.15) is 0 Å². The second-order valence-electron chi connectivity index (χ2n) is 3.57. The number of aryl methyl sites for hydroxylation is 1. The van der Waals surface area contributed by atoms with E-state index in [-0.39, 0.29) is 6.61 Å². The van der Waals surface area contributed by atoms with E-state index < -0.39 is 15.3 Å². The molecule has 1 unspecified atom stereocenters. The summed E-state index contributed by atoms with van der Waals surface area (Å²) in [4.78, 5) is 4.23. The van der Waals surface area contributed by atoms with Crippen LogP contribution in [0.1, 0.15) is 17.6 Å². The molecule has 0 saturated carbocycles. The largest absolute Gasteiger partial charge is 0.395 e. The molecule has 0 fully saturated rings. The molecule has 1 aromatic rings.